The van der Waals surface area contributed by atoms with Crippen LogP contribution < -0.4 is 0 Å². The van der Waals surface area contributed by atoms with E-state index >= 15 is 0 Å². The highest BCUT2D eigenvalue weighted by molar-refractivity contribution is 5.38. The van der Waals surface area contributed by atoms with E-state index in [2.05, 4.69) is 38.7 Å². The summed E-state index contributed by atoms with van der Waals surface area (Å²) >= 11 is 0. The van der Waals surface area contributed by atoms with Crippen molar-refractivity contribution in [2.75, 3.05) is 0 Å². The van der Waals surface area contributed by atoms with Gasteiger partial charge in [-0.3, -0.25) is 0 Å². The summed E-state index contributed by atoms with van der Waals surface area (Å²) in [5.41, 5.74) is 0.958. The van der Waals surface area contributed by atoms with E-state index in [9.17, 15) is 20.4 Å². The van der Waals surface area contributed by atoms with E-state index in [1.807, 2.05) is 0 Å². The van der Waals surface area contributed by atoms with Crippen molar-refractivity contribution in [2.45, 2.75) is 103 Å². The van der Waals surface area contributed by atoms with Crippen molar-refractivity contribution in [3.63, 3.8) is 0 Å². The Balaban J connectivity index is 1.78. The summed E-state index contributed by atoms with van der Waals surface area (Å²) < 4.78 is 0. The molecule has 0 saturated heterocycles. The number of allylic oxidation sites excluding steroid dienone is 4. The maximum Gasteiger partial charge on any atom is 0.108 e. The molecule has 0 aromatic rings. The molecule has 4 nitrogen and oxygen atoms in total. The maximum atomic E-state index is 10.6. The maximum absolute atomic E-state index is 10.6. The first-order valence-electron chi connectivity index (χ1n) is 12.4. The van der Waals surface area contributed by atoms with E-state index in [0.29, 0.717) is 30.6 Å². The van der Waals surface area contributed by atoms with Crippen LogP contribution in [-0.4, -0.2) is 43.8 Å². The van der Waals surface area contributed by atoms with E-state index in [-0.39, 0.29) is 5.41 Å². The van der Waals surface area contributed by atoms with Crippen molar-refractivity contribution in [2.24, 2.45) is 23.2 Å². The van der Waals surface area contributed by atoms with Crippen LogP contribution in [0.5, 0.6) is 0 Å². The first kappa shape index (κ1) is 25.4. The van der Waals surface area contributed by atoms with Gasteiger partial charge in [-0.1, -0.05) is 50.3 Å². The average molecular weight is 445 g/mol. The molecule has 3 saturated carbocycles. The molecule has 6 unspecified atom stereocenters. The topological polar surface area (TPSA) is 80.9 Å². The number of aliphatic hydroxyl groups excluding tert-OH is 2. The highest BCUT2D eigenvalue weighted by Crippen LogP contribution is 2.59. The molecule has 0 amide bonds. The smallest absolute Gasteiger partial charge is 0.108 e. The third-order valence-corrected chi connectivity index (χ3v) is 8.90. The minimum absolute atomic E-state index is 0.218. The van der Waals surface area contributed by atoms with Crippen LogP contribution >= 0.6 is 0 Å². The molecule has 3 rings (SSSR count). The molecular formula is C28H44O4. The van der Waals surface area contributed by atoms with Crippen molar-refractivity contribution >= 4 is 0 Å². The minimum Gasteiger partial charge on any atom is -0.393 e. The van der Waals surface area contributed by atoms with Gasteiger partial charge in [-0.15, -0.1) is 0 Å². The van der Waals surface area contributed by atoms with Gasteiger partial charge in [0.1, 0.15) is 5.60 Å². The summed E-state index contributed by atoms with van der Waals surface area (Å²) in [6.45, 7) is 13.7. The van der Waals surface area contributed by atoms with Gasteiger partial charge in [0.05, 0.1) is 17.8 Å². The fourth-order valence-corrected chi connectivity index (χ4v) is 6.29. The van der Waals surface area contributed by atoms with E-state index in [4.69, 9.17) is 0 Å². The quantitative estimate of drug-likeness (QED) is 0.457. The molecule has 3 fully saturated rings. The number of rotatable bonds is 5. The normalized spacial score (nSPS) is 39.5. The molecule has 4 heteroatoms. The lowest BCUT2D eigenvalue weighted by Gasteiger charge is -2.44. The predicted molar refractivity (Wildman–Crippen MR) is 130 cm³/mol. The fraction of sp³-hybridized carbons (Fsp3) is 0.714. The van der Waals surface area contributed by atoms with Gasteiger partial charge in [-0.05, 0) is 93.6 Å². The van der Waals surface area contributed by atoms with Crippen molar-refractivity contribution in [1.29, 1.82) is 0 Å². The molecule has 0 bridgehead atoms. The Labute approximate surface area is 194 Å². The van der Waals surface area contributed by atoms with Crippen molar-refractivity contribution in [1.82, 2.24) is 0 Å². The number of hydrogen-bond acceptors (Lipinski definition) is 4. The molecule has 0 aromatic heterocycles. The first-order chi connectivity index (χ1) is 14.8. The zero-order valence-electron chi connectivity index (χ0n) is 20.6. The Morgan fingerprint density at radius 1 is 1.12 bits per heavy atom. The standard InChI is InChI=1S/C28H44O4/c1-18(13-15-28(6,32)26(3,4)31)23-11-12-24-20(8-7-14-27(23,24)5)9-10-21-16-22(29)17-25(30)19(21)2/h9-10,13,15,18,22-25,29-32H,2,7-8,11-12,14,16-17H2,1,3-6H3/t18?,22?,23?,24?,25?,27-,28?/m1/s1. The third kappa shape index (κ3) is 4.99. The van der Waals surface area contributed by atoms with Crippen LogP contribution in [0.2, 0.25) is 0 Å². The van der Waals surface area contributed by atoms with Crippen LogP contribution in [0.4, 0.5) is 0 Å². The lowest BCUT2D eigenvalue weighted by atomic mass is 9.61. The summed E-state index contributed by atoms with van der Waals surface area (Å²) in [7, 11) is 0. The van der Waals surface area contributed by atoms with Crippen LogP contribution in [0.15, 0.2) is 47.6 Å². The van der Waals surface area contributed by atoms with Gasteiger partial charge in [0.2, 0.25) is 0 Å². The predicted octanol–water partition coefficient (Wildman–Crippen LogP) is 4.84. The highest BCUT2D eigenvalue weighted by atomic mass is 16.3. The summed E-state index contributed by atoms with van der Waals surface area (Å²) in [5, 5.41) is 41.1. The Kier molecular flexibility index (Phi) is 7.32. The van der Waals surface area contributed by atoms with Gasteiger partial charge in [-0.25, -0.2) is 0 Å². The molecule has 7 atom stereocenters. The molecule has 0 aliphatic heterocycles. The van der Waals surface area contributed by atoms with E-state index in [1.165, 1.54) is 24.8 Å². The molecule has 32 heavy (non-hydrogen) atoms. The molecular weight excluding hydrogens is 400 g/mol. The van der Waals surface area contributed by atoms with Crippen LogP contribution in [0.25, 0.3) is 0 Å². The molecule has 180 valence electrons. The molecule has 0 spiro atoms. The highest BCUT2D eigenvalue weighted by Gasteiger charge is 2.50. The number of aliphatic hydroxyl groups is 4. The van der Waals surface area contributed by atoms with Crippen LogP contribution in [0.1, 0.15) is 79.6 Å². The van der Waals surface area contributed by atoms with Crippen molar-refractivity contribution < 1.29 is 20.4 Å². The van der Waals surface area contributed by atoms with Gasteiger partial charge in [0.15, 0.2) is 0 Å². The Hall–Kier alpha value is -1.20. The van der Waals surface area contributed by atoms with E-state index in [1.54, 1.807) is 26.8 Å². The van der Waals surface area contributed by atoms with Gasteiger partial charge < -0.3 is 20.4 Å². The number of hydrogen-bond donors (Lipinski definition) is 4. The second-order valence-corrected chi connectivity index (χ2v) is 11.6. The van der Waals surface area contributed by atoms with Gasteiger partial charge in [0, 0.05) is 6.42 Å². The third-order valence-electron chi connectivity index (χ3n) is 8.90. The second-order valence-electron chi connectivity index (χ2n) is 11.6. The minimum atomic E-state index is -1.26. The largest absolute Gasteiger partial charge is 0.393 e. The van der Waals surface area contributed by atoms with Gasteiger partial charge in [-0.2, -0.15) is 0 Å². The number of fused-ring (bicyclic) bond motifs is 1. The Bertz CT molecular complexity index is 797. The molecule has 0 aromatic carbocycles. The van der Waals surface area contributed by atoms with Crippen LogP contribution in [0, 0.1) is 23.2 Å². The van der Waals surface area contributed by atoms with Crippen LogP contribution in [-0.2, 0) is 0 Å². The summed E-state index contributed by atoms with van der Waals surface area (Å²) in [4.78, 5) is 0. The molecule has 4 N–H and O–H groups in total. The Morgan fingerprint density at radius 2 is 1.81 bits per heavy atom. The second kappa shape index (κ2) is 9.21. The van der Waals surface area contributed by atoms with Gasteiger partial charge in [0.25, 0.3) is 0 Å². The summed E-state index contributed by atoms with van der Waals surface area (Å²) in [6.07, 6.45) is 13.8. The SMILES string of the molecule is C=C1C(=CC=C2CCC[C@@]3(C)C2CCC3C(C)C=CC(C)(O)C(C)(C)O)CC(O)CC1O. The van der Waals surface area contributed by atoms with Crippen molar-refractivity contribution in [3.05, 3.63) is 47.6 Å². The summed E-state index contributed by atoms with van der Waals surface area (Å²) in [5.74, 6) is 1.39. The van der Waals surface area contributed by atoms with E-state index < -0.39 is 23.4 Å². The zero-order valence-corrected chi connectivity index (χ0v) is 20.6. The van der Waals surface area contributed by atoms with Crippen molar-refractivity contribution in [3.8, 4) is 0 Å². The summed E-state index contributed by atoms with van der Waals surface area (Å²) in [6, 6.07) is 0. The van der Waals surface area contributed by atoms with Gasteiger partial charge >= 0.3 is 0 Å². The lowest BCUT2D eigenvalue weighted by molar-refractivity contribution is -0.0886. The lowest BCUT2D eigenvalue weighted by Crippen LogP contribution is -2.46. The molecule has 3 aliphatic carbocycles. The monoisotopic (exact) mass is 444 g/mol. The van der Waals surface area contributed by atoms with Crippen LogP contribution in [0.3, 0.4) is 0 Å². The first-order valence-corrected chi connectivity index (χ1v) is 12.4. The molecule has 0 heterocycles. The molecule has 3 aliphatic rings. The van der Waals surface area contributed by atoms with E-state index in [0.717, 1.165) is 24.0 Å². The Morgan fingerprint density at radius 3 is 2.47 bits per heavy atom. The average Bonchev–Trinajstić information content (AvgIpc) is 3.04. The zero-order chi connectivity index (χ0) is 23.9. The molecule has 0 radical (unpaired) electrons. The fourth-order valence-electron chi connectivity index (χ4n) is 6.29.